The minimum atomic E-state index is -1.09. The minimum Gasteiger partial charge on any atom is -0.477 e. The fraction of sp³-hybridized carbons (Fsp3) is 0.214. The first-order valence-corrected chi connectivity index (χ1v) is 6.48. The molecule has 0 aliphatic heterocycles. The highest BCUT2D eigenvalue weighted by molar-refractivity contribution is 6.30. The standard InChI is InChI=1S/C14H14ClN3O2/c1-8(2)16-12-7-11(14(19)20)17-13(18-12)9-3-5-10(15)6-4-9/h3-8H,1-2H3,(H,19,20)(H,16,17,18). The molecule has 0 aliphatic rings. The molecule has 0 amide bonds. The molecule has 1 aromatic heterocycles. The second-order valence-electron chi connectivity index (χ2n) is 4.57. The molecule has 0 saturated heterocycles. The summed E-state index contributed by atoms with van der Waals surface area (Å²) in [6.07, 6.45) is 0. The van der Waals surface area contributed by atoms with Crippen LogP contribution in [-0.2, 0) is 0 Å². The molecule has 0 unspecified atom stereocenters. The predicted octanol–water partition coefficient (Wildman–Crippen LogP) is 3.32. The third kappa shape index (κ3) is 3.45. The molecule has 2 N–H and O–H groups in total. The van der Waals surface area contributed by atoms with Crippen LogP contribution in [0.3, 0.4) is 0 Å². The van der Waals surface area contributed by atoms with E-state index in [1.807, 2.05) is 13.8 Å². The maximum atomic E-state index is 11.1. The Morgan fingerprint density at radius 3 is 2.45 bits per heavy atom. The number of benzene rings is 1. The summed E-state index contributed by atoms with van der Waals surface area (Å²) >= 11 is 5.83. The minimum absolute atomic E-state index is 0.0481. The van der Waals surface area contributed by atoms with Crippen LogP contribution in [0.15, 0.2) is 30.3 Å². The van der Waals surface area contributed by atoms with Gasteiger partial charge in [-0.15, -0.1) is 0 Å². The number of aromatic nitrogens is 2. The number of carboxylic acids is 1. The fourth-order valence-corrected chi connectivity index (χ4v) is 1.78. The molecule has 2 aromatic rings. The summed E-state index contributed by atoms with van der Waals surface area (Å²) in [4.78, 5) is 19.5. The molecular weight excluding hydrogens is 278 g/mol. The van der Waals surface area contributed by atoms with Gasteiger partial charge in [-0.05, 0) is 38.1 Å². The third-order valence-electron chi connectivity index (χ3n) is 2.48. The number of rotatable bonds is 4. The number of carboxylic acid groups (broad SMARTS) is 1. The summed E-state index contributed by atoms with van der Waals surface area (Å²) in [5, 5.41) is 12.8. The quantitative estimate of drug-likeness (QED) is 0.904. The van der Waals surface area contributed by atoms with E-state index in [1.54, 1.807) is 24.3 Å². The first kappa shape index (κ1) is 14.3. The molecule has 0 fully saturated rings. The molecule has 1 heterocycles. The summed E-state index contributed by atoms with van der Waals surface area (Å²) < 4.78 is 0. The molecule has 0 saturated carbocycles. The van der Waals surface area contributed by atoms with Gasteiger partial charge in [0.2, 0.25) is 0 Å². The lowest BCUT2D eigenvalue weighted by Crippen LogP contribution is -2.13. The van der Waals surface area contributed by atoms with Crippen LogP contribution in [0.4, 0.5) is 5.82 Å². The van der Waals surface area contributed by atoms with Crippen LogP contribution in [-0.4, -0.2) is 27.1 Å². The Hall–Kier alpha value is -2.14. The van der Waals surface area contributed by atoms with E-state index in [4.69, 9.17) is 16.7 Å². The van der Waals surface area contributed by atoms with E-state index in [1.165, 1.54) is 6.07 Å². The predicted molar refractivity (Wildman–Crippen MR) is 78.2 cm³/mol. The van der Waals surface area contributed by atoms with Crippen molar-refractivity contribution in [1.82, 2.24) is 9.97 Å². The van der Waals surface area contributed by atoms with Gasteiger partial charge in [0.15, 0.2) is 11.5 Å². The lowest BCUT2D eigenvalue weighted by atomic mass is 10.2. The molecule has 0 radical (unpaired) electrons. The van der Waals surface area contributed by atoms with Gasteiger partial charge in [0.25, 0.3) is 0 Å². The van der Waals surface area contributed by atoms with Crippen molar-refractivity contribution in [2.75, 3.05) is 5.32 Å². The van der Waals surface area contributed by atoms with Crippen LogP contribution >= 0.6 is 11.6 Å². The maximum absolute atomic E-state index is 11.1. The van der Waals surface area contributed by atoms with Crippen LogP contribution < -0.4 is 5.32 Å². The largest absolute Gasteiger partial charge is 0.477 e. The van der Waals surface area contributed by atoms with Crippen molar-refractivity contribution in [3.8, 4) is 11.4 Å². The summed E-state index contributed by atoms with van der Waals surface area (Å²) in [6.45, 7) is 3.90. The van der Waals surface area contributed by atoms with Gasteiger partial charge in [-0.3, -0.25) is 0 Å². The van der Waals surface area contributed by atoms with E-state index in [2.05, 4.69) is 15.3 Å². The highest BCUT2D eigenvalue weighted by atomic mass is 35.5. The lowest BCUT2D eigenvalue weighted by molar-refractivity contribution is 0.0690. The summed E-state index contributed by atoms with van der Waals surface area (Å²) in [7, 11) is 0. The summed E-state index contributed by atoms with van der Waals surface area (Å²) in [5.41, 5.74) is 0.664. The first-order chi connectivity index (χ1) is 9.45. The second kappa shape index (κ2) is 5.88. The molecule has 0 aliphatic carbocycles. The molecule has 0 atom stereocenters. The van der Waals surface area contributed by atoms with Crippen LogP contribution in [0.2, 0.25) is 5.02 Å². The van der Waals surface area contributed by atoms with Crippen LogP contribution in [0.25, 0.3) is 11.4 Å². The van der Waals surface area contributed by atoms with Crippen molar-refractivity contribution in [2.24, 2.45) is 0 Å². The van der Waals surface area contributed by atoms with E-state index in [-0.39, 0.29) is 11.7 Å². The van der Waals surface area contributed by atoms with E-state index in [9.17, 15) is 4.79 Å². The Bertz CT molecular complexity index is 627. The second-order valence-corrected chi connectivity index (χ2v) is 5.01. The first-order valence-electron chi connectivity index (χ1n) is 6.10. The lowest BCUT2D eigenvalue weighted by Gasteiger charge is -2.11. The van der Waals surface area contributed by atoms with Crippen molar-refractivity contribution in [2.45, 2.75) is 19.9 Å². The zero-order valence-electron chi connectivity index (χ0n) is 11.1. The van der Waals surface area contributed by atoms with Crippen LogP contribution in [0.1, 0.15) is 24.3 Å². The van der Waals surface area contributed by atoms with Gasteiger partial charge in [0, 0.05) is 22.7 Å². The Kier molecular flexibility index (Phi) is 4.20. The van der Waals surface area contributed by atoms with Crippen molar-refractivity contribution >= 4 is 23.4 Å². The number of aromatic carboxylic acids is 1. The average molecular weight is 292 g/mol. The Balaban J connectivity index is 2.48. The van der Waals surface area contributed by atoms with Crippen molar-refractivity contribution in [1.29, 1.82) is 0 Å². The molecule has 0 spiro atoms. The average Bonchev–Trinajstić information content (AvgIpc) is 2.38. The SMILES string of the molecule is CC(C)Nc1cc(C(=O)O)nc(-c2ccc(Cl)cc2)n1. The molecule has 20 heavy (non-hydrogen) atoms. The summed E-state index contributed by atoms with van der Waals surface area (Å²) in [6, 6.07) is 8.49. The topological polar surface area (TPSA) is 75.1 Å². The Morgan fingerprint density at radius 1 is 1.25 bits per heavy atom. The number of carbonyl (C=O) groups is 1. The van der Waals surface area contributed by atoms with E-state index < -0.39 is 5.97 Å². The summed E-state index contributed by atoms with van der Waals surface area (Å²) in [5.74, 6) is -0.253. The zero-order valence-corrected chi connectivity index (χ0v) is 11.8. The number of nitrogens with zero attached hydrogens (tertiary/aromatic N) is 2. The smallest absolute Gasteiger partial charge is 0.354 e. The van der Waals surface area contributed by atoms with Gasteiger partial charge in [0.05, 0.1) is 0 Å². The number of hydrogen-bond donors (Lipinski definition) is 2. The van der Waals surface area contributed by atoms with Crippen LogP contribution in [0, 0.1) is 0 Å². The highest BCUT2D eigenvalue weighted by Gasteiger charge is 2.12. The molecule has 5 nitrogen and oxygen atoms in total. The van der Waals surface area contributed by atoms with Crippen LogP contribution in [0.5, 0.6) is 0 Å². The number of halogens is 1. The van der Waals surface area contributed by atoms with Gasteiger partial charge in [-0.2, -0.15) is 0 Å². The van der Waals surface area contributed by atoms with Gasteiger partial charge < -0.3 is 10.4 Å². The number of nitrogens with one attached hydrogen (secondary N) is 1. The highest BCUT2D eigenvalue weighted by Crippen LogP contribution is 2.20. The molecule has 0 bridgehead atoms. The molecule has 1 aromatic carbocycles. The maximum Gasteiger partial charge on any atom is 0.354 e. The molecule has 104 valence electrons. The van der Waals surface area contributed by atoms with Crippen molar-refractivity contribution in [3.05, 3.63) is 41.0 Å². The van der Waals surface area contributed by atoms with E-state index >= 15 is 0 Å². The van der Waals surface area contributed by atoms with Crippen molar-refractivity contribution < 1.29 is 9.90 Å². The molecule has 6 heteroatoms. The van der Waals surface area contributed by atoms with Gasteiger partial charge in [0.1, 0.15) is 5.82 Å². The zero-order chi connectivity index (χ0) is 14.7. The number of hydrogen-bond acceptors (Lipinski definition) is 4. The normalized spacial score (nSPS) is 10.6. The molecular formula is C14H14ClN3O2. The Morgan fingerprint density at radius 2 is 1.90 bits per heavy atom. The molecule has 2 rings (SSSR count). The van der Waals surface area contributed by atoms with Gasteiger partial charge in [-0.25, -0.2) is 14.8 Å². The van der Waals surface area contributed by atoms with Crippen molar-refractivity contribution in [3.63, 3.8) is 0 Å². The van der Waals surface area contributed by atoms with E-state index in [0.29, 0.717) is 22.2 Å². The van der Waals surface area contributed by atoms with Gasteiger partial charge >= 0.3 is 5.97 Å². The number of anilines is 1. The van der Waals surface area contributed by atoms with E-state index in [0.717, 1.165) is 0 Å². The fourth-order valence-electron chi connectivity index (χ4n) is 1.65. The third-order valence-corrected chi connectivity index (χ3v) is 2.74. The monoisotopic (exact) mass is 291 g/mol. The van der Waals surface area contributed by atoms with Gasteiger partial charge in [-0.1, -0.05) is 11.6 Å². The Labute approximate surface area is 121 Å².